The average molecular weight is 240 g/mol. The second-order valence-electron chi connectivity index (χ2n) is 4.60. The van der Waals surface area contributed by atoms with E-state index >= 15 is 0 Å². The van der Waals surface area contributed by atoms with Crippen LogP contribution in [0.5, 0.6) is 0 Å². The van der Waals surface area contributed by atoms with Gasteiger partial charge in [-0.2, -0.15) is 10.5 Å². The first-order chi connectivity index (χ1) is 8.49. The number of carbonyl (C=O) groups excluding carboxylic acids is 1. The molecule has 1 aromatic rings. The van der Waals surface area contributed by atoms with Crippen molar-refractivity contribution in [1.29, 1.82) is 10.5 Å². The van der Waals surface area contributed by atoms with Gasteiger partial charge in [0.15, 0.2) is 0 Å². The van der Waals surface area contributed by atoms with Crippen molar-refractivity contribution in [2.45, 2.75) is 19.4 Å². The molecule has 1 aromatic carbocycles. The number of anilines is 2. The van der Waals surface area contributed by atoms with Crippen molar-refractivity contribution in [3.63, 3.8) is 0 Å². The van der Waals surface area contributed by atoms with Gasteiger partial charge in [-0.25, -0.2) is 0 Å². The molecule has 0 aromatic heterocycles. The van der Waals surface area contributed by atoms with Crippen LogP contribution in [0.15, 0.2) is 18.2 Å². The number of nitriles is 2. The summed E-state index contributed by atoms with van der Waals surface area (Å²) in [5.41, 5.74) is 0.946. The number of nitrogens with one attached hydrogen (secondary N) is 1. The molecule has 0 fully saturated rings. The van der Waals surface area contributed by atoms with Crippen molar-refractivity contribution in [3.05, 3.63) is 23.8 Å². The van der Waals surface area contributed by atoms with E-state index in [1.54, 1.807) is 32.0 Å². The second kappa shape index (κ2) is 4.05. The number of hydrogen-bond acceptors (Lipinski definition) is 4. The first-order valence-corrected chi connectivity index (χ1v) is 5.52. The number of nitrogens with zero attached hydrogens (tertiary/aromatic N) is 3. The van der Waals surface area contributed by atoms with Crippen molar-refractivity contribution in [2.75, 3.05) is 16.8 Å². The lowest BCUT2D eigenvalue weighted by Crippen LogP contribution is -2.51. The van der Waals surface area contributed by atoms with Crippen molar-refractivity contribution < 1.29 is 4.79 Å². The standard InChI is InChI=1S/C13H12N4O/c1-13(2,8-15)17-11-4-3-9(6-14)5-10(11)16-7-12(17)18/h3-5,16H,7H2,1-2H3. The summed E-state index contributed by atoms with van der Waals surface area (Å²) in [6, 6.07) is 9.18. The molecule has 1 aliphatic rings. The molecule has 0 spiro atoms. The van der Waals surface area contributed by atoms with Crippen molar-refractivity contribution in [3.8, 4) is 12.1 Å². The Bertz CT molecular complexity index is 592. The van der Waals surface area contributed by atoms with E-state index in [0.29, 0.717) is 16.9 Å². The summed E-state index contributed by atoms with van der Waals surface area (Å²) in [6.45, 7) is 3.52. The van der Waals surface area contributed by atoms with E-state index in [-0.39, 0.29) is 12.5 Å². The van der Waals surface area contributed by atoms with Crippen molar-refractivity contribution in [1.82, 2.24) is 0 Å². The number of benzene rings is 1. The topological polar surface area (TPSA) is 79.9 Å². The molecule has 0 saturated heterocycles. The summed E-state index contributed by atoms with van der Waals surface area (Å²) < 4.78 is 0. The van der Waals surface area contributed by atoms with Gasteiger partial charge >= 0.3 is 0 Å². The monoisotopic (exact) mass is 240 g/mol. The Labute approximate surface area is 105 Å². The molecule has 0 unspecified atom stereocenters. The van der Waals surface area contributed by atoms with Crippen LogP contribution < -0.4 is 10.2 Å². The van der Waals surface area contributed by atoms with Crippen molar-refractivity contribution >= 4 is 17.3 Å². The summed E-state index contributed by atoms with van der Waals surface area (Å²) in [7, 11) is 0. The number of rotatable bonds is 1. The minimum Gasteiger partial charge on any atom is -0.374 e. The van der Waals surface area contributed by atoms with Crippen LogP contribution in [0.4, 0.5) is 11.4 Å². The van der Waals surface area contributed by atoms with Gasteiger partial charge in [0, 0.05) is 0 Å². The van der Waals surface area contributed by atoms with E-state index in [4.69, 9.17) is 5.26 Å². The smallest absolute Gasteiger partial charge is 0.247 e. The molecule has 0 aliphatic carbocycles. The van der Waals surface area contributed by atoms with Gasteiger partial charge in [0.05, 0.1) is 35.6 Å². The molecule has 1 aliphatic heterocycles. The van der Waals surface area contributed by atoms with Crippen LogP contribution >= 0.6 is 0 Å². The zero-order chi connectivity index (χ0) is 13.3. The number of amides is 1. The SMILES string of the molecule is CC(C)(C#N)N1C(=O)CNc2cc(C#N)ccc21. The Hall–Kier alpha value is -2.53. The molecule has 90 valence electrons. The van der Waals surface area contributed by atoms with Crippen LogP contribution in [-0.2, 0) is 4.79 Å². The van der Waals surface area contributed by atoms with Crippen molar-refractivity contribution in [2.24, 2.45) is 0 Å². The van der Waals surface area contributed by atoms with E-state index in [9.17, 15) is 10.1 Å². The van der Waals surface area contributed by atoms with Crippen LogP contribution in [0, 0.1) is 22.7 Å². The first kappa shape index (κ1) is 11.9. The fourth-order valence-electron chi connectivity index (χ4n) is 1.99. The highest BCUT2D eigenvalue weighted by molar-refractivity contribution is 6.04. The van der Waals surface area contributed by atoms with Crippen LogP contribution in [0.2, 0.25) is 0 Å². The van der Waals surface area contributed by atoms with Crippen LogP contribution in [0.25, 0.3) is 0 Å². The molecule has 2 rings (SSSR count). The quantitative estimate of drug-likeness (QED) is 0.808. The van der Waals surface area contributed by atoms with Gasteiger partial charge in [-0.15, -0.1) is 0 Å². The van der Waals surface area contributed by atoms with E-state index in [0.717, 1.165) is 0 Å². The van der Waals surface area contributed by atoms with Gasteiger partial charge in [-0.1, -0.05) is 0 Å². The molecule has 5 heteroatoms. The van der Waals surface area contributed by atoms with Gasteiger partial charge in [0.1, 0.15) is 5.54 Å². The molecule has 0 bridgehead atoms. The zero-order valence-electron chi connectivity index (χ0n) is 10.2. The Morgan fingerprint density at radius 2 is 2.11 bits per heavy atom. The lowest BCUT2D eigenvalue weighted by atomic mass is 10.0. The van der Waals surface area contributed by atoms with E-state index in [1.165, 1.54) is 4.90 Å². The van der Waals surface area contributed by atoms with Gasteiger partial charge in [0.2, 0.25) is 5.91 Å². The third-order valence-corrected chi connectivity index (χ3v) is 2.88. The number of fused-ring (bicyclic) bond motifs is 1. The molecule has 5 nitrogen and oxygen atoms in total. The lowest BCUT2D eigenvalue weighted by Gasteiger charge is -2.37. The normalized spacial score (nSPS) is 14.2. The summed E-state index contributed by atoms with van der Waals surface area (Å²) in [5, 5.41) is 21.0. The third kappa shape index (κ3) is 1.76. The minimum absolute atomic E-state index is 0.132. The zero-order valence-corrected chi connectivity index (χ0v) is 10.2. The van der Waals surface area contributed by atoms with Crippen LogP contribution in [0.3, 0.4) is 0 Å². The van der Waals surface area contributed by atoms with Gasteiger partial charge in [-0.05, 0) is 32.0 Å². The summed E-state index contributed by atoms with van der Waals surface area (Å²) in [4.78, 5) is 13.4. The first-order valence-electron chi connectivity index (χ1n) is 5.52. The minimum atomic E-state index is -0.915. The number of carbonyl (C=O) groups is 1. The highest BCUT2D eigenvalue weighted by Gasteiger charge is 2.36. The molecule has 1 amide bonds. The largest absolute Gasteiger partial charge is 0.374 e. The van der Waals surface area contributed by atoms with E-state index in [1.807, 2.05) is 6.07 Å². The average Bonchev–Trinajstić information content (AvgIpc) is 2.37. The molecule has 1 heterocycles. The van der Waals surface area contributed by atoms with Gasteiger partial charge < -0.3 is 5.32 Å². The van der Waals surface area contributed by atoms with E-state index in [2.05, 4.69) is 11.4 Å². The Morgan fingerprint density at radius 3 is 2.72 bits per heavy atom. The maximum atomic E-state index is 12.0. The molecular formula is C13H12N4O. The highest BCUT2D eigenvalue weighted by atomic mass is 16.2. The third-order valence-electron chi connectivity index (χ3n) is 2.88. The fraction of sp³-hybridized carbons (Fsp3) is 0.308. The van der Waals surface area contributed by atoms with Crippen LogP contribution in [-0.4, -0.2) is 18.0 Å². The highest BCUT2D eigenvalue weighted by Crippen LogP contribution is 2.34. The Kier molecular flexibility index (Phi) is 2.68. The summed E-state index contributed by atoms with van der Waals surface area (Å²) >= 11 is 0. The maximum absolute atomic E-state index is 12.0. The summed E-state index contributed by atoms with van der Waals surface area (Å²) in [6.07, 6.45) is 0. The molecule has 0 radical (unpaired) electrons. The molecule has 18 heavy (non-hydrogen) atoms. The Morgan fingerprint density at radius 1 is 1.39 bits per heavy atom. The molecule has 0 saturated carbocycles. The lowest BCUT2D eigenvalue weighted by molar-refractivity contribution is -0.117. The Balaban J connectivity index is 2.57. The summed E-state index contributed by atoms with van der Waals surface area (Å²) in [5.74, 6) is -0.154. The van der Waals surface area contributed by atoms with E-state index < -0.39 is 5.54 Å². The second-order valence-corrected chi connectivity index (χ2v) is 4.60. The fourth-order valence-corrected chi connectivity index (χ4v) is 1.99. The molecule has 1 N–H and O–H groups in total. The maximum Gasteiger partial charge on any atom is 0.247 e. The predicted octanol–water partition coefficient (Wildman–Crippen LogP) is 1.62. The molecule has 0 atom stereocenters. The van der Waals surface area contributed by atoms with Crippen LogP contribution in [0.1, 0.15) is 19.4 Å². The molecular weight excluding hydrogens is 228 g/mol. The van der Waals surface area contributed by atoms with Gasteiger partial charge in [-0.3, -0.25) is 9.69 Å². The van der Waals surface area contributed by atoms with Gasteiger partial charge in [0.25, 0.3) is 0 Å². The number of hydrogen-bond donors (Lipinski definition) is 1. The predicted molar refractivity (Wildman–Crippen MR) is 66.8 cm³/mol.